The third kappa shape index (κ3) is 4.59. The molecule has 0 aromatic heterocycles. The molecule has 1 aromatic carbocycles. The summed E-state index contributed by atoms with van der Waals surface area (Å²) in [4.78, 5) is 29.8. The fraction of sp³-hybridized carbons (Fsp3) is 0.450. The summed E-state index contributed by atoms with van der Waals surface area (Å²) in [5.41, 5.74) is 0.811. The van der Waals surface area contributed by atoms with Gasteiger partial charge in [0.15, 0.2) is 0 Å². The summed E-state index contributed by atoms with van der Waals surface area (Å²) in [7, 11) is 0. The van der Waals surface area contributed by atoms with Gasteiger partial charge < -0.3 is 10.0 Å². The molecule has 1 N–H and O–H groups in total. The number of hydrogen-bond donors (Lipinski definition) is 1. The van der Waals surface area contributed by atoms with E-state index in [0.29, 0.717) is 27.2 Å². The number of carbonyl (C=O) groups excluding carboxylic acids is 2. The minimum absolute atomic E-state index is 0.0223. The van der Waals surface area contributed by atoms with E-state index in [1.807, 2.05) is 17.0 Å². The minimum atomic E-state index is -0.669. The van der Waals surface area contributed by atoms with Crippen molar-refractivity contribution in [2.24, 2.45) is 0 Å². The summed E-state index contributed by atoms with van der Waals surface area (Å²) in [6, 6.07) is 6.58. The van der Waals surface area contributed by atoms with Crippen LogP contribution in [0.4, 0.5) is 0 Å². The average Bonchev–Trinajstić information content (AvgIpc) is 2.94. The standard InChI is InChI=1S/C20H23ClN2O3S2/c1-13(18(25)22-9-3-2-7-16(22)8-10-24)23-19(26)17(28-20(23)27)12-14-5-4-6-15(21)11-14/h4-6,11-13,16,24H,2-3,7-10H2,1H3/b17-12-/t13-,16-/m0/s1. The van der Waals surface area contributed by atoms with E-state index < -0.39 is 6.04 Å². The Morgan fingerprint density at radius 3 is 2.96 bits per heavy atom. The first-order valence-electron chi connectivity index (χ1n) is 9.36. The van der Waals surface area contributed by atoms with Gasteiger partial charge in [-0.15, -0.1) is 0 Å². The van der Waals surface area contributed by atoms with Crippen molar-refractivity contribution < 1.29 is 14.7 Å². The smallest absolute Gasteiger partial charge is 0.266 e. The zero-order chi connectivity index (χ0) is 20.3. The van der Waals surface area contributed by atoms with Crippen LogP contribution in [-0.2, 0) is 9.59 Å². The van der Waals surface area contributed by atoms with Crippen LogP contribution in [0.25, 0.3) is 6.08 Å². The summed E-state index contributed by atoms with van der Waals surface area (Å²) in [5.74, 6) is -0.370. The first-order chi connectivity index (χ1) is 13.4. The van der Waals surface area contributed by atoms with Crippen molar-refractivity contribution in [2.45, 2.75) is 44.7 Å². The molecular formula is C20H23ClN2O3S2. The zero-order valence-electron chi connectivity index (χ0n) is 15.6. The van der Waals surface area contributed by atoms with Crippen molar-refractivity contribution in [3.05, 3.63) is 39.8 Å². The van der Waals surface area contributed by atoms with Crippen molar-refractivity contribution in [1.29, 1.82) is 0 Å². The van der Waals surface area contributed by atoms with Gasteiger partial charge in [0.25, 0.3) is 5.91 Å². The number of aliphatic hydroxyl groups excluding tert-OH is 1. The molecule has 1 aromatic rings. The molecule has 2 fully saturated rings. The zero-order valence-corrected chi connectivity index (χ0v) is 18.0. The van der Waals surface area contributed by atoms with E-state index >= 15 is 0 Å². The maximum absolute atomic E-state index is 13.1. The maximum atomic E-state index is 13.1. The Hall–Kier alpha value is -1.41. The Morgan fingerprint density at radius 2 is 2.25 bits per heavy atom. The van der Waals surface area contributed by atoms with Crippen LogP contribution in [0.15, 0.2) is 29.2 Å². The Labute approximate surface area is 179 Å². The minimum Gasteiger partial charge on any atom is -0.396 e. The van der Waals surface area contributed by atoms with Gasteiger partial charge in [0.1, 0.15) is 10.4 Å². The van der Waals surface area contributed by atoms with E-state index in [4.69, 9.17) is 23.8 Å². The number of nitrogens with zero attached hydrogens (tertiary/aromatic N) is 2. The van der Waals surface area contributed by atoms with Crippen LogP contribution >= 0.6 is 35.6 Å². The van der Waals surface area contributed by atoms with Gasteiger partial charge in [0.2, 0.25) is 5.91 Å². The third-order valence-electron chi connectivity index (χ3n) is 5.09. The van der Waals surface area contributed by atoms with Crippen LogP contribution in [0.5, 0.6) is 0 Å². The molecule has 3 rings (SSSR count). The Kier molecular flexibility index (Phi) is 7.15. The lowest BCUT2D eigenvalue weighted by molar-refractivity contribution is -0.142. The normalized spacial score (nSPS) is 22.8. The first kappa shape index (κ1) is 21.3. The van der Waals surface area contributed by atoms with E-state index in [0.717, 1.165) is 24.8 Å². The Balaban J connectivity index is 1.78. The van der Waals surface area contributed by atoms with Gasteiger partial charge >= 0.3 is 0 Å². The molecule has 0 radical (unpaired) electrons. The topological polar surface area (TPSA) is 60.9 Å². The molecule has 2 aliphatic heterocycles. The maximum Gasteiger partial charge on any atom is 0.266 e. The van der Waals surface area contributed by atoms with Crippen LogP contribution < -0.4 is 0 Å². The second kappa shape index (κ2) is 9.39. The first-order valence-corrected chi connectivity index (χ1v) is 11.0. The largest absolute Gasteiger partial charge is 0.396 e. The van der Waals surface area contributed by atoms with E-state index in [9.17, 15) is 14.7 Å². The molecule has 2 heterocycles. The van der Waals surface area contributed by atoms with Crippen LogP contribution in [0.2, 0.25) is 5.02 Å². The van der Waals surface area contributed by atoms with Gasteiger partial charge in [0, 0.05) is 24.2 Å². The number of halogens is 1. The quantitative estimate of drug-likeness (QED) is 0.561. The fourth-order valence-corrected chi connectivity index (χ4v) is 5.27. The molecule has 2 atom stereocenters. The van der Waals surface area contributed by atoms with Crippen LogP contribution in [0.1, 0.15) is 38.2 Å². The number of aliphatic hydroxyl groups is 1. The second-order valence-electron chi connectivity index (χ2n) is 6.98. The fourth-order valence-electron chi connectivity index (χ4n) is 3.65. The van der Waals surface area contributed by atoms with Gasteiger partial charge in [-0.2, -0.15) is 0 Å². The predicted octanol–water partition coefficient (Wildman–Crippen LogP) is 3.69. The van der Waals surface area contributed by atoms with E-state index in [1.165, 1.54) is 16.7 Å². The summed E-state index contributed by atoms with van der Waals surface area (Å²) >= 11 is 12.6. The molecule has 28 heavy (non-hydrogen) atoms. The van der Waals surface area contributed by atoms with Gasteiger partial charge in [-0.25, -0.2) is 0 Å². The Morgan fingerprint density at radius 1 is 1.46 bits per heavy atom. The lowest BCUT2D eigenvalue weighted by atomic mass is 9.98. The highest BCUT2D eigenvalue weighted by Gasteiger charge is 2.40. The van der Waals surface area contributed by atoms with Gasteiger partial charge in [-0.3, -0.25) is 14.5 Å². The van der Waals surface area contributed by atoms with Gasteiger partial charge in [-0.05, 0) is 56.4 Å². The molecule has 2 aliphatic rings. The number of thioether (sulfide) groups is 1. The summed E-state index contributed by atoms with van der Waals surface area (Å²) < 4.78 is 0.384. The Bertz CT molecular complexity index is 812. The number of rotatable bonds is 5. The number of thiocarbonyl (C=S) groups is 1. The van der Waals surface area contributed by atoms with E-state index in [1.54, 1.807) is 25.1 Å². The SMILES string of the molecule is C[C@@H](C(=O)N1CCCC[C@H]1CCO)N1C(=O)/C(=C/c2cccc(Cl)c2)SC1=S. The number of benzene rings is 1. The summed E-state index contributed by atoms with van der Waals surface area (Å²) in [6.07, 6.45) is 5.18. The lowest BCUT2D eigenvalue weighted by Crippen LogP contribution is -2.53. The second-order valence-corrected chi connectivity index (χ2v) is 9.09. The molecular weight excluding hydrogens is 416 g/mol. The lowest BCUT2D eigenvalue weighted by Gasteiger charge is -2.38. The van der Waals surface area contributed by atoms with Crippen molar-refractivity contribution >= 4 is 57.8 Å². The van der Waals surface area contributed by atoms with Crippen molar-refractivity contribution in [1.82, 2.24) is 9.80 Å². The number of amides is 2. The molecule has 0 saturated carbocycles. The van der Waals surface area contributed by atoms with Crippen LogP contribution in [0.3, 0.4) is 0 Å². The average molecular weight is 439 g/mol. The number of likely N-dealkylation sites (tertiary alicyclic amines) is 1. The molecule has 0 unspecified atom stereocenters. The van der Waals surface area contributed by atoms with E-state index in [-0.39, 0.29) is 24.5 Å². The van der Waals surface area contributed by atoms with Gasteiger partial charge in [-0.1, -0.05) is 47.7 Å². The molecule has 2 saturated heterocycles. The van der Waals surface area contributed by atoms with Crippen molar-refractivity contribution in [3.63, 3.8) is 0 Å². The highest BCUT2D eigenvalue weighted by atomic mass is 35.5. The molecule has 8 heteroatoms. The molecule has 5 nitrogen and oxygen atoms in total. The molecule has 150 valence electrons. The molecule has 0 bridgehead atoms. The van der Waals surface area contributed by atoms with Crippen molar-refractivity contribution in [3.8, 4) is 0 Å². The van der Waals surface area contributed by atoms with Crippen molar-refractivity contribution in [2.75, 3.05) is 13.2 Å². The van der Waals surface area contributed by atoms with Gasteiger partial charge in [0.05, 0.1) is 4.91 Å². The third-order valence-corrected chi connectivity index (χ3v) is 6.65. The molecule has 0 spiro atoms. The predicted molar refractivity (Wildman–Crippen MR) is 117 cm³/mol. The molecule has 0 aliphatic carbocycles. The van der Waals surface area contributed by atoms with Crippen LogP contribution in [0, 0.1) is 0 Å². The summed E-state index contributed by atoms with van der Waals surface area (Å²) in [5, 5.41) is 9.89. The van der Waals surface area contributed by atoms with Crippen LogP contribution in [-0.4, -0.2) is 56.3 Å². The summed E-state index contributed by atoms with van der Waals surface area (Å²) in [6.45, 7) is 2.42. The number of carbonyl (C=O) groups is 2. The highest BCUT2D eigenvalue weighted by molar-refractivity contribution is 8.26. The highest BCUT2D eigenvalue weighted by Crippen LogP contribution is 2.35. The monoisotopic (exact) mass is 438 g/mol. The van der Waals surface area contributed by atoms with E-state index in [2.05, 4.69) is 0 Å². The molecule has 2 amide bonds. The number of hydrogen-bond acceptors (Lipinski definition) is 5. The number of piperidine rings is 1.